The van der Waals surface area contributed by atoms with Crippen molar-refractivity contribution in [3.8, 4) is 0 Å². The van der Waals surface area contributed by atoms with Crippen molar-refractivity contribution in [2.45, 2.75) is 11.6 Å². The maximum absolute atomic E-state index is 11.2. The van der Waals surface area contributed by atoms with E-state index in [0.29, 0.717) is 0 Å². The molecule has 20 heavy (non-hydrogen) atoms. The van der Waals surface area contributed by atoms with Crippen LogP contribution in [0, 0.1) is 0 Å². The van der Waals surface area contributed by atoms with Gasteiger partial charge < -0.3 is 0 Å². The predicted octanol–water partition coefficient (Wildman–Crippen LogP) is -1.77. The van der Waals surface area contributed by atoms with Gasteiger partial charge in [0.25, 0.3) is 0 Å². The first-order valence-electron chi connectivity index (χ1n) is 3.81. The maximum Gasteiger partial charge on any atom is 0.417 e. The first-order valence-corrected chi connectivity index (χ1v) is 3.81. The molecule has 0 saturated carbocycles. The highest BCUT2D eigenvalue weighted by Gasteiger charge is 2.75. The van der Waals surface area contributed by atoms with Gasteiger partial charge in [-0.3, -0.25) is 9.78 Å². The lowest BCUT2D eigenvalue weighted by Crippen LogP contribution is -2.68. The molecule has 0 fully saturated rings. The fourth-order valence-corrected chi connectivity index (χ4v) is 0.869. The second kappa shape index (κ2) is 7.91. The van der Waals surface area contributed by atoms with E-state index in [1.807, 2.05) is 0 Å². The molecule has 0 spiro atoms. The predicted molar refractivity (Wildman–Crippen MR) is 39.9 cm³/mol. The zero-order valence-electron chi connectivity index (χ0n) is 8.77. The minimum absolute atomic E-state index is 2.40. The van der Waals surface area contributed by atoms with Crippen LogP contribution in [-0.4, -0.2) is 55.1 Å². The Kier molecular flexibility index (Phi) is 7.30. The summed E-state index contributed by atoms with van der Waals surface area (Å²) in [7, 11) is 0. The van der Waals surface area contributed by atoms with Crippen LogP contribution in [0.15, 0.2) is 0 Å². The lowest BCUT2D eigenvalue weighted by molar-refractivity contribution is -0.601. The Bertz CT molecular complexity index is 282. The third-order valence-corrected chi connectivity index (χ3v) is 1.71. The average Bonchev–Trinajstić information content (AvgIpc) is 2.45. The first kappa shape index (κ1) is 18.5. The van der Waals surface area contributed by atoms with Gasteiger partial charge >= 0.3 is 23.5 Å². The largest absolute Gasteiger partial charge is 0.417 e. The summed E-state index contributed by atoms with van der Waals surface area (Å²) >= 11 is 0. The molecule has 0 rings (SSSR count). The molecule has 0 aromatic heterocycles. The number of carbonyl (C=O) groups is 2. The van der Waals surface area contributed by atoms with Crippen molar-refractivity contribution in [1.29, 1.82) is 0 Å². The Balaban J connectivity index is 5.89. The Hall–Kier alpha value is -1.54. The van der Waals surface area contributed by atoms with Crippen LogP contribution < -0.4 is 0 Å². The molecular formula is C4H6O16. The van der Waals surface area contributed by atoms with Crippen LogP contribution in [0.1, 0.15) is 0 Å². The zero-order valence-corrected chi connectivity index (χ0v) is 8.77. The summed E-state index contributed by atoms with van der Waals surface area (Å²) in [4.78, 5) is 41.7. The highest BCUT2D eigenvalue weighted by atomic mass is 17.5. The minimum atomic E-state index is -4.12. The molecule has 0 amide bonds. The number of carbonyl (C=O) groups excluding carboxylic acids is 2. The van der Waals surface area contributed by atoms with E-state index in [4.69, 9.17) is 31.5 Å². The second-order valence-corrected chi connectivity index (χ2v) is 2.49. The molecule has 0 aliphatic heterocycles. The van der Waals surface area contributed by atoms with E-state index in [1.54, 1.807) is 0 Å². The second-order valence-electron chi connectivity index (χ2n) is 2.49. The van der Waals surface area contributed by atoms with Gasteiger partial charge in [0.2, 0.25) is 0 Å². The van der Waals surface area contributed by atoms with Gasteiger partial charge in [-0.2, -0.15) is 19.6 Å². The normalized spacial score (nSPS) is 12.1. The van der Waals surface area contributed by atoms with Crippen LogP contribution in [0.25, 0.3) is 0 Å². The number of rotatable bonds is 9. The van der Waals surface area contributed by atoms with Gasteiger partial charge in [0.15, 0.2) is 0 Å². The molecule has 16 heteroatoms. The van der Waals surface area contributed by atoms with Crippen molar-refractivity contribution in [2.24, 2.45) is 0 Å². The molecule has 0 radical (unpaired) electrons. The van der Waals surface area contributed by atoms with Crippen molar-refractivity contribution in [3.63, 3.8) is 0 Å². The molecule has 0 heterocycles. The molecule has 118 valence electrons. The Morgan fingerprint density at radius 1 is 0.600 bits per heavy atom. The summed E-state index contributed by atoms with van der Waals surface area (Å²) in [6, 6.07) is 0. The molecule has 0 aliphatic rings. The highest BCUT2D eigenvalue weighted by Crippen LogP contribution is 2.33. The van der Waals surface area contributed by atoms with Gasteiger partial charge in [-0.1, -0.05) is 0 Å². The molecule has 6 N–H and O–H groups in total. The van der Waals surface area contributed by atoms with Gasteiger partial charge in [0.1, 0.15) is 0 Å². The van der Waals surface area contributed by atoms with Crippen molar-refractivity contribution >= 4 is 11.9 Å². The van der Waals surface area contributed by atoms with Crippen LogP contribution >= 0.6 is 0 Å². The molecule has 0 aliphatic carbocycles. The first-order chi connectivity index (χ1) is 9.46. The summed E-state index contributed by atoms with van der Waals surface area (Å²) in [5.74, 6) is -13.0. The SMILES string of the molecule is O=C(OOO)C(OO)(OO)C(OO)(OO)C(=O)OOO. The monoisotopic (exact) mass is 310 g/mol. The van der Waals surface area contributed by atoms with E-state index in [2.05, 4.69) is 39.4 Å². The van der Waals surface area contributed by atoms with Crippen LogP contribution in [0.3, 0.4) is 0 Å². The zero-order chi connectivity index (χ0) is 15.8. The fourth-order valence-electron chi connectivity index (χ4n) is 0.869. The Morgan fingerprint density at radius 2 is 0.850 bits per heavy atom. The van der Waals surface area contributed by atoms with E-state index in [9.17, 15) is 9.59 Å². The average molecular weight is 310 g/mol. The van der Waals surface area contributed by atoms with Crippen molar-refractivity contribution < 1.29 is 80.5 Å². The maximum atomic E-state index is 11.2. The molecular weight excluding hydrogens is 304 g/mol. The van der Waals surface area contributed by atoms with E-state index < -0.39 is 23.5 Å². The van der Waals surface area contributed by atoms with E-state index >= 15 is 0 Å². The minimum Gasteiger partial charge on any atom is -0.262 e. The van der Waals surface area contributed by atoms with Crippen LogP contribution in [-0.2, 0) is 49.0 Å². The summed E-state index contributed by atoms with van der Waals surface area (Å²) < 4.78 is 0. The molecule has 0 saturated heterocycles. The lowest BCUT2D eigenvalue weighted by atomic mass is 10.1. The van der Waals surface area contributed by atoms with Gasteiger partial charge in [-0.25, -0.2) is 41.1 Å². The highest BCUT2D eigenvalue weighted by molar-refractivity contribution is 5.89. The molecule has 0 aromatic rings. The lowest BCUT2D eigenvalue weighted by Gasteiger charge is -2.33. The Morgan fingerprint density at radius 3 is 1.00 bits per heavy atom. The Labute approximate surface area is 105 Å². The van der Waals surface area contributed by atoms with E-state index in [1.165, 1.54) is 0 Å². The molecule has 16 nitrogen and oxygen atoms in total. The fraction of sp³-hybridized carbons (Fsp3) is 0.500. The molecule has 0 atom stereocenters. The van der Waals surface area contributed by atoms with Crippen molar-refractivity contribution in [1.82, 2.24) is 0 Å². The van der Waals surface area contributed by atoms with Crippen molar-refractivity contribution in [2.75, 3.05) is 0 Å². The summed E-state index contributed by atoms with van der Waals surface area (Å²) in [5, 5.41) is 55.2. The van der Waals surface area contributed by atoms with E-state index in [0.717, 1.165) is 0 Å². The molecule has 0 unspecified atom stereocenters. The molecule has 0 bridgehead atoms. The van der Waals surface area contributed by atoms with Gasteiger partial charge in [-0.15, -0.1) is 0 Å². The third kappa shape index (κ3) is 2.80. The van der Waals surface area contributed by atoms with Crippen LogP contribution in [0.4, 0.5) is 0 Å². The van der Waals surface area contributed by atoms with Crippen LogP contribution in [0.5, 0.6) is 0 Å². The summed E-state index contributed by atoms with van der Waals surface area (Å²) in [6.07, 6.45) is 0. The smallest absolute Gasteiger partial charge is 0.262 e. The van der Waals surface area contributed by atoms with Crippen molar-refractivity contribution in [3.05, 3.63) is 0 Å². The van der Waals surface area contributed by atoms with Gasteiger partial charge in [0.05, 0.1) is 0 Å². The standard InChI is InChI=1S/C4H6O16/c5-1(13-19-11)3(15-7,16-8)4(17-9,18-10)2(6)14-20-12/h7-12H. The number of hydrogen-bond donors (Lipinski definition) is 6. The molecule has 0 aromatic carbocycles. The third-order valence-electron chi connectivity index (χ3n) is 1.71. The van der Waals surface area contributed by atoms with Gasteiger partial charge in [0, 0.05) is 0 Å². The number of hydrogen-bond acceptors (Lipinski definition) is 16. The topological polar surface area (TPSA) is 229 Å². The summed E-state index contributed by atoms with van der Waals surface area (Å²) in [5.41, 5.74) is 0. The van der Waals surface area contributed by atoms with Gasteiger partial charge in [-0.05, 0) is 10.1 Å². The quantitative estimate of drug-likeness (QED) is 0.157. The van der Waals surface area contributed by atoms with E-state index in [-0.39, 0.29) is 0 Å². The summed E-state index contributed by atoms with van der Waals surface area (Å²) in [6.45, 7) is 0. The van der Waals surface area contributed by atoms with Crippen LogP contribution in [0.2, 0.25) is 0 Å².